The van der Waals surface area contributed by atoms with E-state index in [4.69, 9.17) is 4.74 Å². The maximum Gasteiger partial charge on any atom is 0.246 e. The number of fused-ring (bicyclic) bond motifs is 1. The molecule has 1 atom stereocenters. The van der Waals surface area contributed by atoms with Gasteiger partial charge in [-0.05, 0) is 26.5 Å². The summed E-state index contributed by atoms with van der Waals surface area (Å²) in [5.41, 5.74) is 1.84. The average Bonchev–Trinajstić information content (AvgIpc) is 2.54. The first-order valence-electron chi connectivity index (χ1n) is 5.96. The van der Waals surface area contributed by atoms with Gasteiger partial charge in [0.2, 0.25) is 5.91 Å². The van der Waals surface area contributed by atoms with Crippen LogP contribution in [-0.4, -0.2) is 18.6 Å². The second kappa shape index (κ2) is 4.75. The monoisotopic (exact) mass is 234 g/mol. The summed E-state index contributed by atoms with van der Waals surface area (Å²) in [7, 11) is 0. The molecule has 1 aromatic carbocycles. The molecule has 0 bridgehead atoms. The van der Waals surface area contributed by atoms with Gasteiger partial charge in [-0.2, -0.15) is 0 Å². The predicted octanol–water partition coefficient (Wildman–Crippen LogP) is 2.08. The fourth-order valence-electron chi connectivity index (χ4n) is 1.99. The highest BCUT2D eigenvalue weighted by Crippen LogP contribution is 2.33. The van der Waals surface area contributed by atoms with Gasteiger partial charge in [-0.15, -0.1) is 0 Å². The molecule has 2 N–H and O–H groups in total. The van der Waals surface area contributed by atoms with Gasteiger partial charge in [0, 0.05) is 17.3 Å². The fraction of sp³-hybridized carbons (Fsp3) is 0.462. The Hall–Kier alpha value is -1.55. The van der Waals surface area contributed by atoms with Gasteiger partial charge in [0.15, 0.2) is 0 Å². The molecular weight excluding hydrogens is 216 g/mol. The Morgan fingerprint density at radius 3 is 2.88 bits per heavy atom. The van der Waals surface area contributed by atoms with Crippen molar-refractivity contribution < 1.29 is 9.53 Å². The molecule has 0 radical (unpaired) electrons. The van der Waals surface area contributed by atoms with Crippen molar-refractivity contribution in [2.24, 2.45) is 0 Å². The van der Waals surface area contributed by atoms with Crippen molar-refractivity contribution in [3.05, 3.63) is 23.8 Å². The molecular formula is C13H18N2O2. The minimum Gasteiger partial charge on any atom is -0.491 e. The topological polar surface area (TPSA) is 50.4 Å². The molecule has 17 heavy (non-hydrogen) atoms. The highest BCUT2D eigenvalue weighted by molar-refractivity contribution is 6.02. The first-order valence-corrected chi connectivity index (χ1v) is 5.96. The van der Waals surface area contributed by atoms with Crippen LogP contribution >= 0.6 is 0 Å². The molecule has 92 valence electrons. The normalized spacial score (nSPS) is 18.1. The van der Waals surface area contributed by atoms with Crippen LogP contribution in [0.1, 0.15) is 32.4 Å². The smallest absolute Gasteiger partial charge is 0.246 e. The van der Waals surface area contributed by atoms with E-state index in [0.29, 0.717) is 0 Å². The number of carbonyl (C=O) groups is 1. The SMILES string of the molecule is CCNC1C(=O)Nc2cc(OC(C)C)ccc21. The second-order valence-corrected chi connectivity index (χ2v) is 4.40. The van der Waals surface area contributed by atoms with Crippen molar-refractivity contribution in [1.82, 2.24) is 5.32 Å². The number of hydrogen-bond donors (Lipinski definition) is 2. The lowest BCUT2D eigenvalue weighted by atomic mass is 10.1. The zero-order chi connectivity index (χ0) is 12.4. The highest BCUT2D eigenvalue weighted by Gasteiger charge is 2.29. The lowest BCUT2D eigenvalue weighted by Gasteiger charge is -2.12. The van der Waals surface area contributed by atoms with E-state index in [0.717, 1.165) is 23.5 Å². The molecule has 1 aromatic rings. The standard InChI is InChI=1S/C13H18N2O2/c1-4-14-12-10-6-5-9(17-8(2)3)7-11(10)15-13(12)16/h5-8,12,14H,4H2,1-3H3,(H,15,16). The molecule has 0 saturated carbocycles. The number of benzene rings is 1. The first-order chi connectivity index (χ1) is 8.11. The number of hydrogen-bond acceptors (Lipinski definition) is 3. The lowest BCUT2D eigenvalue weighted by molar-refractivity contribution is -0.117. The second-order valence-electron chi connectivity index (χ2n) is 4.40. The summed E-state index contributed by atoms with van der Waals surface area (Å²) in [6.45, 7) is 6.71. The Labute approximate surface area is 101 Å². The maximum absolute atomic E-state index is 11.7. The van der Waals surface area contributed by atoms with E-state index < -0.39 is 0 Å². The Morgan fingerprint density at radius 1 is 1.47 bits per heavy atom. The number of carbonyl (C=O) groups excluding carboxylic acids is 1. The van der Waals surface area contributed by atoms with E-state index in [1.165, 1.54) is 0 Å². The van der Waals surface area contributed by atoms with E-state index in [2.05, 4.69) is 10.6 Å². The molecule has 2 rings (SSSR count). The van der Waals surface area contributed by atoms with Crippen molar-refractivity contribution in [2.75, 3.05) is 11.9 Å². The summed E-state index contributed by atoms with van der Waals surface area (Å²) in [5.74, 6) is 0.791. The summed E-state index contributed by atoms with van der Waals surface area (Å²) in [6, 6.07) is 5.50. The fourth-order valence-corrected chi connectivity index (χ4v) is 1.99. The number of likely N-dealkylation sites (N-methyl/N-ethyl adjacent to an activating group) is 1. The highest BCUT2D eigenvalue weighted by atomic mass is 16.5. The van der Waals surface area contributed by atoms with Gasteiger partial charge in [-0.3, -0.25) is 4.79 Å². The Bertz CT molecular complexity index is 429. The summed E-state index contributed by atoms with van der Waals surface area (Å²) in [6.07, 6.45) is 0.134. The Balaban J connectivity index is 2.24. The molecule has 1 unspecified atom stereocenters. The van der Waals surface area contributed by atoms with Gasteiger partial charge in [-0.1, -0.05) is 13.0 Å². The van der Waals surface area contributed by atoms with Crippen LogP contribution in [0.5, 0.6) is 5.75 Å². The van der Waals surface area contributed by atoms with Crippen molar-refractivity contribution in [3.63, 3.8) is 0 Å². The number of rotatable bonds is 4. The predicted molar refractivity (Wildman–Crippen MR) is 67.3 cm³/mol. The van der Waals surface area contributed by atoms with Gasteiger partial charge in [0.1, 0.15) is 11.8 Å². The van der Waals surface area contributed by atoms with Crippen LogP contribution in [0.15, 0.2) is 18.2 Å². The van der Waals surface area contributed by atoms with E-state index >= 15 is 0 Å². The van der Waals surface area contributed by atoms with E-state index in [-0.39, 0.29) is 18.1 Å². The van der Waals surface area contributed by atoms with E-state index in [9.17, 15) is 4.79 Å². The van der Waals surface area contributed by atoms with Crippen molar-refractivity contribution in [1.29, 1.82) is 0 Å². The maximum atomic E-state index is 11.7. The van der Waals surface area contributed by atoms with Crippen LogP contribution in [0.2, 0.25) is 0 Å². The quantitative estimate of drug-likeness (QED) is 0.838. The average molecular weight is 234 g/mol. The zero-order valence-corrected chi connectivity index (χ0v) is 10.4. The van der Waals surface area contributed by atoms with E-state index in [1.807, 2.05) is 39.0 Å². The Morgan fingerprint density at radius 2 is 2.24 bits per heavy atom. The molecule has 1 aliphatic heterocycles. The van der Waals surface area contributed by atoms with Crippen LogP contribution in [0, 0.1) is 0 Å². The number of ether oxygens (including phenoxy) is 1. The van der Waals surface area contributed by atoms with Crippen molar-refractivity contribution >= 4 is 11.6 Å². The third-order valence-corrected chi connectivity index (χ3v) is 2.64. The van der Waals surface area contributed by atoms with Gasteiger partial charge >= 0.3 is 0 Å². The third-order valence-electron chi connectivity index (χ3n) is 2.64. The molecule has 0 aromatic heterocycles. The minimum atomic E-state index is -0.233. The van der Waals surface area contributed by atoms with Crippen LogP contribution in [0.25, 0.3) is 0 Å². The van der Waals surface area contributed by atoms with Crippen molar-refractivity contribution in [2.45, 2.75) is 32.9 Å². The molecule has 0 saturated heterocycles. The molecule has 1 aliphatic rings. The van der Waals surface area contributed by atoms with Crippen LogP contribution in [-0.2, 0) is 4.79 Å². The minimum absolute atomic E-state index is 0.00328. The van der Waals surface area contributed by atoms with Crippen molar-refractivity contribution in [3.8, 4) is 5.75 Å². The van der Waals surface area contributed by atoms with Gasteiger partial charge < -0.3 is 15.4 Å². The van der Waals surface area contributed by atoms with Gasteiger partial charge in [0.25, 0.3) is 0 Å². The molecule has 0 fully saturated rings. The molecule has 1 heterocycles. The molecule has 4 heteroatoms. The van der Waals surface area contributed by atoms with Crippen LogP contribution < -0.4 is 15.4 Å². The molecule has 0 aliphatic carbocycles. The summed E-state index contributed by atoms with van der Waals surface area (Å²) in [4.78, 5) is 11.7. The largest absolute Gasteiger partial charge is 0.491 e. The summed E-state index contributed by atoms with van der Waals surface area (Å²) < 4.78 is 5.60. The molecule has 0 spiro atoms. The number of nitrogens with one attached hydrogen (secondary N) is 2. The zero-order valence-electron chi connectivity index (χ0n) is 10.4. The summed E-state index contributed by atoms with van der Waals surface area (Å²) in [5, 5.41) is 6.02. The van der Waals surface area contributed by atoms with Gasteiger partial charge in [0.05, 0.1) is 6.10 Å². The first kappa shape index (κ1) is 11.9. The number of amides is 1. The Kier molecular flexibility index (Phi) is 3.33. The van der Waals surface area contributed by atoms with Gasteiger partial charge in [-0.25, -0.2) is 0 Å². The summed E-state index contributed by atoms with van der Waals surface area (Å²) >= 11 is 0. The lowest BCUT2D eigenvalue weighted by Crippen LogP contribution is -2.27. The van der Waals surface area contributed by atoms with Crippen LogP contribution in [0.4, 0.5) is 5.69 Å². The number of anilines is 1. The molecule has 1 amide bonds. The molecule has 4 nitrogen and oxygen atoms in total. The third kappa shape index (κ3) is 2.42. The van der Waals surface area contributed by atoms with E-state index in [1.54, 1.807) is 0 Å². The van der Waals surface area contributed by atoms with Crippen LogP contribution in [0.3, 0.4) is 0 Å².